The van der Waals surface area contributed by atoms with Crippen molar-refractivity contribution < 1.29 is 13.3 Å². The maximum Gasteiger partial charge on any atom is 0.208 e. The molecule has 0 saturated heterocycles. The molecule has 10 heavy (non-hydrogen) atoms. The van der Waals surface area contributed by atoms with Gasteiger partial charge in [-0.05, 0) is 6.92 Å². The van der Waals surface area contributed by atoms with E-state index in [0.717, 1.165) is 6.26 Å². The van der Waals surface area contributed by atoms with Crippen LogP contribution in [0.25, 0.3) is 0 Å². The predicted octanol–water partition coefficient (Wildman–Crippen LogP) is -1.19. The smallest absolute Gasteiger partial charge is 0.208 e. The molecule has 0 aliphatic rings. The first-order valence-electron chi connectivity index (χ1n) is 2.76. The first kappa shape index (κ1) is 9.83. The number of nitrogens with one attached hydrogen (secondary N) is 1. The summed E-state index contributed by atoms with van der Waals surface area (Å²) in [5.74, 6) is 4.77. The topological polar surface area (TPSA) is 81.4 Å². The SMILES string of the molecule is CC(CNS(C)(=O)=O)ON. The lowest BCUT2D eigenvalue weighted by Crippen LogP contribution is -2.32. The van der Waals surface area contributed by atoms with E-state index in [1.807, 2.05) is 0 Å². The molecular formula is C4H12N2O3S. The average Bonchev–Trinajstić information content (AvgIpc) is 1.81. The standard InChI is InChI=1S/C4H12N2O3S/c1-4(9-5)3-6-10(2,7)8/h4,6H,3,5H2,1-2H3. The molecule has 5 nitrogen and oxygen atoms in total. The van der Waals surface area contributed by atoms with Crippen molar-refractivity contribution in [3.05, 3.63) is 0 Å². The van der Waals surface area contributed by atoms with Gasteiger partial charge in [0.2, 0.25) is 10.0 Å². The zero-order valence-corrected chi connectivity index (χ0v) is 6.81. The molecule has 0 aromatic carbocycles. The van der Waals surface area contributed by atoms with Crippen molar-refractivity contribution in [3.63, 3.8) is 0 Å². The zero-order chi connectivity index (χ0) is 8.20. The molecule has 0 aliphatic carbocycles. The van der Waals surface area contributed by atoms with Crippen LogP contribution in [0.15, 0.2) is 0 Å². The Kier molecular flexibility index (Phi) is 3.80. The Morgan fingerprint density at radius 2 is 2.20 bits per heavy atom. The third-order valence-electron chi connectivity index (χ3n) is 0.865. The highest BCUT2D eigenvalue weighted by molar-refractivity contribution is 7.88. The lowest BCUT2D eigenvalue weighted by molar-refractivity contribution is 0.0703. The van der Waals surface area contributed by atoms with Crippen molar-refractivity contribution in [1.82, 2.24) is 4.72 Å². The molecule has 0 rings (SSSR count). The highest BCUT2D eigenvalue weighted by Crippen LogP contribution is 1.82. The predicted molar refractivity (Wildman–Crippen MR) is 37.6 cm³/mol. The van der Waals surface area contributed by atoms with Gasteiger partial charge >= 0.3 is 0 Å². The number of sulfonamides is 1. The van der Waals surface area contributed by atoms with Gasteiger partial charge < -0.3 is 4.84 Å². The van der Waals surface area contributed by atoms with Crippen LogP contribution in [0.5, 0.6) is 0 Å². The van der Waals surface area contributed by atoms with Crippen LogP contribution in [0.1, 0.15) is 6.92 Å². The molecule has 0 heterocycles. The normalized spacial score (nSPS) is 15.1. The van der Waals surface area contributed by atoms with Gasteiger partial charge in [0.1, 0.15) is 0 Å². The lowest BCUT2D eigenvalue weighted by atomic mass is 10.4. The molecule has 3 N–H and O–H groups in total. The van der Waals surface area contributed by atoms with Crippen molar-refractivity contribution in [3.8, 4) is 0 Å². The molecule has 1 atom stereocenters. The molecule has 0 aromatic rings. The first-order valence-corrected chi connectivity index (χ1v) is 4.65. The molecule has 6 heteroatoms. The van der Waals surface area contributed by atoms with E-state index in [2.05, 4.69) is 9.56 Å². The summed E-state index contributed by atoms with van der Waals surface area (Å²) in [6, 6.07) is 0. The monoisotopic (exact) mass is 168 g/mol. The highest BCUT2D eigenvalue weighted by atomic mass is 32.2. The minimum Gasteiger partial charge on any atom is -0.300 e. The van der Waals surface area contributed by atoms with Gasteiger partial charge in [0.15, 0.2) is 0 Å². The van der Waals surface area contributed by atoms with Gasteiger partial charge in [-0.3, -0.25) is 0 Å². The van der Waals surface area contributed by atoms with E-state index in [1.165, 1.54) is 0 Å². The molecule has 1 unspecified atom stereocenters. The number of nitrogens with two attached hydrogens (primary N) is 1. The average molecular weight is 168 g/mol. The fraction of sp³-hybridized carbons (Fsp3) is 1.00. The summed E-state index contributed by atoms with van der Waals surface area (Å²) in [6.07, 6.45) is 0.783. The molecular weight excluding hydrogens is 156 g/mol. The Hall–Kier alpha value is -0.170. The van der Waals surface area contributed by atoms with Crippen molar-refractivity contribution in [2.75, 3.05) is 12.8 Å². The van der Waals surface area contributed by atoms with E-state index in [9.17, 15) is 8.42 Å². The summed E-state index contributed by atoms with van der Waals surface area (Å²) in [6.45, 7) is 1.87. The minimum atomic E-state index is -3.11. The number of hydrogen-bond acceptors (Lipinski definition) is 4. The summed E-state index contributed by atoms with van der Waals surface area (Å²) < 4.78 is 23.1. The summed E-state index contributed by atoms with van der Waals surface area (Å²) >= 11 is 0. The summed E-state index contributed by atoms with van der Waals surface area (Å²) in [4.78, 5) is 4.32. The van der Waals surface area contributed by atoms with Gasteiger partial charge in [0, 0.05) is 6.54 Å². The van der Waals surface area contributed by atoms with E-state index >= 15 is 0 Å². The van der Waals surface area contributed by atoms with E-state index in [4.69, 9.17) is 5.90 Å². The highest BCUT2D eigenvalue weighted by Gasteiger charge is 2.04. The van der Waals surface area contributed by atoms with Crippen LogP contribution >= 0.6 is 0 Å². The lowest BCUT2D eigenvalue weighted by Gasteiger charge is -2.07. The fourth-order valence-electron chi connectivity index (χ4n) is 0.317. The molecule has 0 radical (unpaired) electrons. The Labute approximate surface area is 60.6 Å². The number of hydrogen-bond donors (Lipinski definition) is 2. The van der Waals surface area contributed by atoms with E-state index in [-0.39, 0.29) is 12.6 Å². The molecule has 62 valence electrons. The Balaban J connectivity index is 3.56. The second-order valence-corrected chi connectivity index (χ2v) is 3.90. The third-order valence-corrected chi connectivity index (χ3v) is 1.56. The molecule has 0 aliphatic heterocycles. The van der Waals surface area contributed by atoms with Gasteiger partial charge in [-0.2, -0.15) is 0 Å². The van der Waals surface area contributed by atoms with E-state index in [1.54, 1.807) is 6.92 Å². The Morgan fingerprint density at radius 3 is 2.50 bits per heavy atom. The van der Waals surface area contributed by atoms with Crippen LogP contribution in [0.4, 0.5) is 0 Å². The zero-order valence-electron chi connectivity index (χ0n) is 5.99. The molecule has 0 aromatic heterocycles. The van der Waals surface area contributed by atoms with Crippen LogP contribution in [-0.2, 0) is 14.9 Å². The third kappa shape index (κ3) is 5.96. The van der Waals surface area contributed by atoms with Gasteiger partial charge in [-0.1, -0.05) is 0 Å². The van der Waals surface area contributed by atoms with Crippen molar-refractivity contribution in [1.29, 1.82) is 0 Å². The van der Waals surface area contributed by atoms with E-state index in [0.29, 0.717) is 0 Å². The Morgan fingerprint density at radius 1 is 1.70 bits per heavy atom. The maximum absolute atomic E-state index is 10.4. The Bertz CT molecular complexity index is 177. The van der Waals surface area contributed by atoms with Crippen LogP contribution in [0, 0.1) is 0 Å². The second-order valence-electron chi connectivity index (χ2n) is 2.07. The minimum absolute atomic E-state index is 0.204. The van der Waals surface area contributed by atoms with Gasteiger partial charge in [0.05, 0.1) is 12.4 Å². The second kappa shape index (κ2) is 3.87. The van der Waals surface area contributed by atoms with Gasteiger partial charge in [0.25, 0.3) is 0 Å². The van der Waals surface area contributed by atoms with Gasteiger partial charge in [-0.15, -0.1) is 0 Å². The van der Waals surface area contributed by atoms with Crippen LogP contribution in [0.3, 0.4) is 0 Å². The van der Waals surface area contributed by atoms with E-state index < -0.39 is 10.0 Å². The van der Waals surface area contributed by atoms with Crippen LogP contribution in [0.2, 0.25) is 0 Å². The fourth-order valence-corrected chi connectivity index (χ4v) is 0.854. The van der Waals surface area contributed by atoms with Crippen LogP contribution < -0.4 is 10.6 Å². The summed E-state index contributed by atoms with van der Waals surface area (Å²) in [5.41, 5.74) is 0. The molecule has 0 fully saturated rings. The summed E-state index contributed by atoms with van der Waals surface area (Å²) in [7, 11) is -3.11. The molecule has 0 saturated carbocycles. The summed E-state index contributed by atoms with van der Waals surface area (Å²) in [5, 5.41) is 0. The molecule has 0 bridgehead atoms. The number of rotatable bonds is 4. The molecule has 0 amide bonds. The van der Waals surface area contributed by atoms with Crippen LogP contribution in [-0.4, -0.2) is 27.3 Å². The van der Waals surface area contributed by atoms with Gasteiger partial charge in [-0.25, -0.2) is 19.0 Å². The van der Waals surface area contributed by atoms with Crippen molar-refractivity contribution in [2.24, 2.45) is 5.90 Å². The first-order chi connectivity index (χ1) is 4.45. The van der Waals surface area contributed by atoms with Crippen molar-refractivity contribution >= 4 is 10.0 Å². The molecule has 0 spiro atoms. The largest absolute Gasteiger partial charge is 0.300 e. The van der Waals surface area contributed by atoms with Crippen molar-refractivity contribution in [2.45, 2.75) is 13.0 Å². The maximum atomic E-state index is 10.4. The quantitative estimate of drug-likeness (QED) is 0.517.